The largest absolute Gasteiger partial charge is 0.467 e. The van der Waals surface area contributed by atoms with Gasteiger partial charge in [0.25, 0.3) is 0 Å². The lowest BCUT2D eigenvalue weighted by Gasteiger charge is -2.18. The van der Waals surface area contributed by atoms with Crippen molar-refractivity contribution in [3.05, 3.63) is 54.6 Å². The van der Waals surface area contributed by atoms with Crippen LogP contribution in [0.4, 0.5) is 5.69 Å². The Kier molecular flexibility index (Phi) is 2.68. The van der Waals surface area contributed by atoms with Crippen LogP contribution in [0.25, 0.3) is 10.9 Å². The van der Waals surface area contributed by atoms with Crippen molar-refractivity contribution in [3.8, 4) is 0 Å². The third kappa shape index (κ3) is 1.93. The normalized spacial score (nSPS) is 10.7. The van der Waals surface area contributed by atoms with Crippen molar-refractivity contribution < 1.29 is 4.42 Å². The second-order valence-electron chi connectivity index (χ2n) is 4.18. The van der Waals surface area contributed by atoms with Gasteiger partial charge in [0.1, 0.15) is 5.76 Å². The topological polar surface area (TPSA) is 42.2 Å². The third-order valence-electron chi connectivity index (χ3n) is 2.91. The molecule has 3 rings (SSSR count). The number of hydrogen-bond acceptors (Lipinski definition) is 4. The van der Waals surface area contributed by atoms with Crippen molar-refractivity contribution in [2.24, 2.45) is 0 Å². The number of anilines is 1. The first kappa shape index (κ1) is 10.8. The highest BCUT2D eigenvalue weighted by Gasteiger charge is 2.08. The standard InChI is InChI=1S/C14H13N3O/c1-17(10-11-5-4-8-18-11)14-9-15-16-13-7-3-2-6-12(13)14/h2-9H,10H2,1H3. The fraction of sp³-hybridized carbons (Fsp3) is 0.143. The van der Waals surface area contributed by atoms with Crippen molar-refractivity contribution in [1.29, 1.82) is 0 Å². The molecule has 90 valence electrons. The van der Waals surface area contributed by atoms with E-state index in [1.54, 1.807) is 12.5 Å². The number of rotatable bonds is 3. The van der Waals surface area contributed by atoms with Gasteiger partial charge in [-0.05, 0) is 18.2 Å². The molecule has 0 aliphatic rings. The summed E-state index contributed by atoms with van der Waals surface area (Å²) in [7, 11) is 2.02. The summed E-state index contributed by atoms with van der Waals surface area (Å²) < 4.78 is 5.36. The Labute approximate surface area is 105 Å². The lowest BCUT2D eigenvalue weighted by molar-refractivity contribution is 0.507. The Balaban J connectivity index is 1.98. The second-order valence-corrected chi connectivity index (χ2v) is 4.18. The molecular formula is C14H13N3O. The number of fused-ring (bicyclic) bond motifs is 1. The van der Waals surface area contributed by atoms with Gasteiger partial charge in [-0.25, -0.2) is 0 Å². The lowest BCUT2D eigenvalue weighted by Crippen LogP contribution is -2.16. The molecule has 0 fully saturated rings. The molecule has 4 nitrogen and oxygen atoms in total. The molecule has 0 amide bonds. The number of hydrogen-bond donors (Lipinski definition) is 0. The molecular weight excluding hydrogens is 226 g/mol. The van der Waals surface area contributed by atoms with Crippen LogP contribution in [-0.4, -0.2) is 17.2 Å². The minimum Gasteiger partial charge on any atom is -0.467 e. The van der Waals surface area contributed by atoms with E-state index in [2.05, 4.69) is 21.2 Å². The molecule has 0 radical (unpaired) electrons. The van der Waals surface area contributed by atoms with Crippen LogP contribution in [0.5, 0.6) is 0 Å². The highest BCUT2D eigenvalue weighted by Crippen LogP contribution is 2.24. The van der Waals surface area contributed by atoms with E-state index in [9.17, 15) is 0 Å². The molecule has 0 aliphatic carbocycles. The number of aromatic nitrogens is 2. The molecule has 0 unspecified atom stereocenters. The maximum absolute atomic E-state index is 5.36. The monoisotopic (exact) mass is 239 g/mol. The quantitative estimate of drug-likeness (QED) is 0.704. The summed E-state index contributed by atoms with van der Waals surface area (Å²) in [5.74, 6) is 0.929. The summed E-state index contributed by atoms with van der Waals surface area (Å²) in [6.45, 7) is 0.711. The van der Waals surface area contributed by atoms with Gasteiger partial charge in [-0.3, -0.25) is 0 Å². The van der Waals surface area contributed by atoms with E-state index in [-0.39, 0.29) is 0 Å². The van der Waals surface area contributed by atoms with Gasteiger partial charge in [0.15, 0.2) is 0 Å². The number of furan rings is 1. The predicted octanol–water partition coefficient (Wildman–Crippen LogP) is 2.86. The van der Waals surface area contributed by atoms with Gasteiger partial charge in [-0.15, -0.1) is 0 Å². The van der Waals surface area contributed by atoms with Crippen molar-refractivity contribution in [2.45, 2.75) is 6.54 Å². The first-order valence-electron chi connectivity index (χ1n) is 5.78. The van der Waals surface area contributed by atoms with Crippen LogP contribution in [0.15, 0.2) is 53.3 Å². The predicted molar refractivity (Wildman–Crippen MR) is 70.4 cm³/mol. The van der Waals surface area contributed by atoms with E-state index < -0.39 is 0 Å². The van der Waals surface area contributed by atoms with Crippen molar-refractivity contribution in [3.63, 3.8) is 0 Å². The van der Waals surface area contributed by atoms with Gasteiger partial charge in [-0.2, -0.15) is 10.2 Å². The van der Waals surface area contributed by atoms with Crippen molar-refractivity contribution in [2.75, 3.05) is 11.9 Å². The second kappa shape index (κ2) is 4.49. The van der Waals surface area contributed by atoms with Crippen LogP contribution in [0.2, 0.25) is 0 Å². The van der Waals surface area contributed by atoms with Gasteiger partial charge < -0.3 is 9.32 Å². The Bertz CT molecular complexity index is 644. The van der Waals surface area contributed by atoms with E-state index in [4.69, 9.17) is 4.42 Å². The maximum atomic E-state index is 5.36. The maximum Gasteiger partial charge on any atom is 0.123 e. The van der Waals surface area contributed by atoms with E-state index in [0.717, 1.165) is 22.4 Å². The summed E-state index contributed by atoms with van der Waals surface area (Å²) in [6.07, 6.45) is 3.47. The Morgan fingerprint density at radius 3 is 2.89 bits per heavy atom. The van der Waals surface area contributed by atoms with Crippen LogP contribution in [0, 0.1) is 0 Å². The molecule has 0 spiro atoms. The lowest BCUT2D eigenvalue weighted by atomic mass is 10.2. The fourth-order valence-electron chi connectivity index (χ4n) is 2.02. The van der Waals surface area contributed by atoms with E-state index in [0.29, 0.717) is 6.54 Å². The van der Waals surface area contributed by atoms with Crippen LogP contribution < -0.4 is 4.90 Å². The molecule has 3 aromatic rings. The zero-order chi connectivity index (χ0) is 12.4. The number of benzene rings is 1. The fourth-order valence-corrected chi connectivity index (χ4v) is 2.02. The minimum absolute atomic E-state index is 0.711. The highest BCUT2D eigenvalue weighted by atomic mass is 16.3. The SMILES string of the molecule is CN(Cc1ccco1)c1cnnc2ccccc12. The molecule has 4 heteroatoms. The molecule has 0 N–H and O–H groups in total. The van der Waals surface area contributed by atoms with Crippen LogP contribution in [0.1, 0.15) is 5.76 Å². The summed E-state index contributed by atoms with van der Waals surface area (Å²) in [5, 5.41) is 9.26. The first-order chi connectivity index (χ1) is 8.84. The molecule has 18 heavy (non-hydrogen) atoms. The van der Waals surface area contributed by atoms with Crippen molar-refractivity contribution >= 4 is 16.6 Å². The molecule has 0 aliphatic heterocycles. The van der Waals surface area contributed by atoms with Crippen LogP contribution in [-0.2, 0) is 6.54 Å². The zero-order valence-corrected chi connectivity index (χ0v) is 10.1. The van der Waals surface area contributed by atoms with E-state index >= 15 is 0 Å². The first-order valence-corrected chi connectivity index (χ1v) is 5.78. The molecule has 2 heterocycles. The van der Waals surface area contributed by atoms with E-state index in [1.807, 2.05) is 37.4 Å². The molecule has 0 saturated carbocycles. The summed E-state index contributed by atoms with van der Waals surface area (Å²) in [4.78, 5) is 2.11. The Morgan fingerprint density at radius 2 is 2.06 bits per heavy atom. The van der Waals surface area contributed by atoms with Gasteiger partial charge in [-0.1, -0.05) is 18.2 Å². The Morgan fingerprint density at radius 1 is 1.17 bits per heavy atom. The Hall–Kier alpha value is -2.36. The average Bonchev–Trinajstić information content (AvgIpc) is 2.91. The average molecular weight is 239 g/mol. The minimum atomic E-state index is 0.711. The molecule has 0 saturated heterocycles. The van der Waals surface area contributed by atoms with Crippen LogP contribution in [0.3, 0.4) is 0 Å². The molecule has 2 aromatic heterocycles. The van der Waals surface area contributed by atoms with Crippen molar-refractivity contribution in [1.82, 2.24) is 10.2 Å². The van der Waals surface area contributed by atoms with Gasteiger partial charge >= 0.3 is 0 Å². The molecule has 0 bridgehead atoms. The zero-order valence-electron chi connectivity index (χ0n) is 10.1. The van der Waals surface area contributed by atoms with Crippen LogP contribution >= 0.6 is 0 Å². The smallest absolute Gasteiger partial charge is 0.123 e. The highest BCUT2D eigenvalue weighted by molar-refractivity contribution is 5.90. The van der Waals surface area contributed by atoms with Gasteiger partial charge in [0.05, 0.1) is 30.2 Å². The molecule has 1 aromatic carbocycles. The molecule has 0 atom stereocenters. The number of nitrogens with zero attached hydrogens (tertiary/aromatic N) is 3. The third-order valence-corrected chi connectivity index (χ3v) is 2.91. The van der Waals surface area contributed by atoms with Gasteiger partial charge in [0.2, 0.25) is 0 Å². The van der Waals surface area contributed by atoms with Gasteiger partial charge in [0, 0.05) is 12.4 Å². The van der Waals surface area contributed by atoms with E-state index in [1.165, 1.54) is 0 Å². The summed E-state index contributed by atoms with van der Waals surface area (Å²) in [6, 6.07) is 11.9. The summed E-state index contributed by atoms with van der Waals surface area (Å²) in [5.41, 5.74) is 1.96. The summed E-state index contributed by atoms with van der Waals surface area (Å²) >= 11 is 0.